The molecule has 0 aromatic heterocycles. The maximum atomic E-state index is 12.9. The normalized spacial score (nSPS) is 10.7. The summed E-state index contributed by atoms with van der Waals surface area (Å²) in [6.45, 7) is 2.27. The molecule has 2 amide bonds. The van der Waals surface area contributed by atoms with E-state index in [0.717, 1.165) is 15.6 Å². The minimum atomic E-state index is -0.450. The highest BCUT2D eigenvalue weighted by Crippen LogP contribution is 2.23. The van der Waals surface area contributed by atoms with Crippen LogP contribution in [0.5, 0.6) is 5.75 Å². The van der Waals surface area contributed by atoms with Gasteiger partial charge < -0.3 is 10.1 Å². The van der Waals surface area contributed by atoms with Crippen LogP contribution >= 0.6 is 15.9 Å². The molecule has 0 heterocycles. The van der Waals surface area contributed by atoms with Gasteiger partial charge in [0, 0.05) is 15.6 Å². The molecule has 4 aromatic rings. The van der Waals surface area contributed by atoms with Crippen molar-refractivity contribution in [2.45, 2.75) is 13.5 Å². The number of para-hydroxylation sites is 1. The molecular weight excluding hydrogens is 518 g/mol. The number of benzene rings is 4. The van der Waals surface area contributed by atoms with Gasteiger partial charge in [-0.25, -0.2) is 5.43 Å². The zero-order valence-corrected chi connectivity index (χ0v) is 21.2. The van der Waals surface area contributed by atoms with Gasteiger partial charge in [0.25, 0.3) is 11.8 Å². The summed E-state index contributed by atoms with van der Waals surface area (Å²) in [5.74, 6) is -0.106. The first-order valence-electron chi connectivity index (χ1n) is 11.3. The van der Waals surface area contributed by atoms with Crippen molar-refractivity contribution in [3.05, 3.63) is 129 Å². The number of halogens is 1. The van der Waals surface area contributed by atoms with Crippen molar-refractivity contribution in [2.24, 2.45) is 5.10 Å². The number of carbonyl (C=O) groups is 2. The third kappa shape index (κ3) is 6.46. The highest BCUT2D eigenvalue weighted by molar-refractivity contribution is 9.10. The van der Waals surface area contributed by atoms with E-state index in [1.807, 2.05) is 67.6 Å². The molecule has 6 nitrogen and oxygen atoms in total. The van der Waals surface area contributed by atoms with Gasteiger partial charge in [0.2, 0.25) is 0 Å². The Bertz CT molecular complexity index is 1400. The van der Waals surface area contributed by atoms with Crippen LogP contribution in [0, 0.1) is 6.92 Å². The molecule has 36 heavy (non-hydrogen) atoms. The Morgan fingerprint density at radius 3 is 2.33 bits per heavy atom. The number of aryl methyl sites for hydroxylation is 1. The second-order valence-corrected chi connectivity index (χ2v) is 8.89. The lowest BCUT2D eigenvalue weighted by atomic mass is 10.1. The van der Waals surface area contributed by atoms with E-state index in [2.05, 4.69) is 31.8 Å². The SMILES string of the molecule is Cc1ccccc1C(=O)Nc1ccccc1C(=O)N/N=C\c1cc(Br)ccc1OCc1ccccc1. The molecule has 0 radical (unpaired) electrons. The maximum Gasteiger partial charge on any atom is 0.273 e. The summed E-state index contributed by atoms with van der Waals surface area (Å²) in [7, 11) is 0. The van der Waals surface area contributed by atoms with Crippen LogP contribution in [0.2, 0.25) is 0 Å². The molecular formula is C29H24BrN3O3. The molecule has 2 N–H and O–H groups in total. The Hall–Kier alpha value is -4.23. The summed E-state index contributed by atoms with van der Waals surface area (Å²) >= 11 is 3.46. The number of nitrogens with one attached hydrogen (secondary N) is 2. The van der Waals surface area contributed by atoms with Crippen LogP contribution in [0.25, 0.3) is 0 Å². The fourth-order valence-electron chi connectivity index (χ4n) is 3.52. The summed E-state index contributed by atoms with van der Waals surface area (Å²) in [6.07, 6.45) is 1.53. The lowest BCUT2D eigenvalue weighted by Gasteiger charge is -2.11. The van der Waals surface area contributed by atoms with Crippen LogP contribution in [0.15, 0.2) is 107 Å². The van der Waals surface area contributed by atoms with E-state index in [-0.39, 0.29) is 5.91 Å². The van der Waals surface area contributed by atoms with Crippen LogP contribution in [0.4, 0.5) is 5.69 Å². The molecule has 4 rings (SSSR count). The molecule has 0 bridgehead atoms. The monoisotopic (exact) mass is 541 g/mol. The van der Waals surface area contributed by atoms with E-state index in [4.69, 9.17) is 4.74 Å². The second kappa shape index (κ2) is 12.0. The van der Waals surface area contributed by atoms with Gasteiger partial charge in [-0.05, 0) is 54.4 Å². The molecule has 0 atom stereocenters. The molecule has 0 aliphatic rings. The average molecular weight is 542 g/mol. The minimum absolute atomic E-state index is 0.286. The topological polar surface area (TPSA) is 79.8 Å². The predicted molar refractivity (Wildman–Crippen MR) is 146 cm³/mol. The Morgan fingerprint density at radius 1 is 0.861 bits per heavy atom. The lowest BCUT2D eigenvalue weighted by molar-refractivity contribution is 0.0956. The van der Waals surface area contributed by atoms with Crippen LogP contribution in [0.3, 0.4) is 0 Å². The zero-order chi connectivity index (χ0) is 25.3. The average Bonchev–Trinajstić information content (AvgIpc) is 2.89. The first kappa shape index (κ1) is 24.9. The molecule has 7 heteroatoms. The van der Waals surface area contributed by atoms with Gasteiger partial charge in [-0.1, -0.05) is 76.6 Å². The van der Waals surface area contributed by atoms with Gasteiger partial charge in [0.15, 0.2) is 0 Å². The van der Waals surface area contributed by atoms with E-state index >= 15 is 0 Å². The number of rotatable bonds is 8. The number of hydrogen-bond acceptors (Lipinski definition) is 4. The highest BCUT2D eigenvalue weighted by atomic mass is 79.9. The fraction of sp³-hybridized carbons (Fsp3) is 0.0690. The number of ether oxygens (including phenoxy) is 1. The van der Waals surface area contributed by atoms with Crippen molar-refractivity contribution in [1.82, 2.24) is 5.43 Å². The standard InChI is InChI=1S/C29H24BrN3O3/c1-20-9-5-6-12-24(20)28(34)32-26-14-8-7-13-25(26)29(35)33-31-18-22-17-23(30)15-16-27(22)36-19-21-10-3-2-4-11-21/h2-18H,19H2,1H3,(H,32,34)(H,33,35)/b31-18-. The van der Waals surface area contributed by atoms with E-state index in [9.17, 15) is 9.59 Å². The third-order valence-electron chi connectivity index (χ3n) is 5.39. The number of amides is 2. The van der Waals surface area contributed by atoms with E-state index in [1.54, 1.807) is 36.4 Å². The van der Waals surface area contributed by atoms with Gasteiger partial charge in [-0.3, -0.25) is 9.59 Å². The van der Waals surface area contributed by atoms with Crippen molar-refractivity contribution < 1.29 is 14.3 Å². The van der Waals surface area contributed by atoms with Crippen molar-refractivity contribution in [3.63, 3.8) is 0 Å². The minimum Gasteiger partial charge on any atom is -0.488 e. The summed E-state index contributed by atoms with van der Waals surface area (Å²) in [4.78, 5) is 25.6. The Kier molecular flexibility index (Phi) is 8.26. The van der Waals surface area contributed by atoms with Crippen molar-refractivity contribution >= 4 is 39.6 Å². The molecule has 4 aromatic carbocycles. The fourth-order valence-corrected chi connectivity index (χ4v) is 3.89. The molecule has 0 fully saturated rings. The molecule has 0 unspecified atom stereocenters. The third-order valence-corrected chi connectivity index (χ3v) is 5.88. The quantitative estimate of drug-likeness (QED) is 0.201. The van der Waals surface area contributed by atoms with Crippen molar-refractivity contribution in [1.29, 1.82) is 0 Å². The second-order valence-electron chi connectivity index (χ2n) is 7.97. The summed E-state index contributed by atoms with van der Waals surface area (Å²) in [6, 6.07) is 29.5. The van der Waals surface area contributed by atoms with E-state index in [1.165, 1.54) is 6.21 Å². The van der Waals surface area contributed by atoms with Crippen LogP contribution < -0.4 is 15.5 Å². The van der Waals surface area contributed by atoms with E-state index in [0.29, 0.717) is 34.7 Å². The molecule has 180 valence electrons. The summed E-state index contributed by atoms with van der Waals surface area (Å²) < 4.78 is 6.82. The highest BCUT2D eigenvalue weighted by Gasteiger charge is 2.15. The molecule has 0 aliphatic heterocycles. The number of hydrogen-bond donors (Lipinski definition) is 2. The Balaban J connectivity index is 1.45. The van der Waals surface area contributed by atoms with Crippen LogP contribution in [-0.2, 0) is 6.61 Å². The van der Waals surface area contributed by atoms with Gasteiger partial charge in [0.1, 0.15) is 12.4 Å². The summed E-state index contributed by atoms with van der Waals surface area (Å²) in [5.41, 5.74) is 6.37. The Labute approximate surface area is 218 Å². The maximum absolute atomic E-state index is 12.9. The number of hydrazone groups is 1. The molecule has 0 saturated heterocycles. The van der Waals surface area contributed by atoms with Crippen LogP contribution in [0.1, 0.15) is 37.4 Å². The van der Waals surface area contributed by atoms with Crippen LogP contribution in [-0.4, -0.2) is 18.0 Å². The van der Waals surface area contributed by atoms with Gasteiger partial charge in [-0.15, -0.1) is 0 Å². The number of carbonyl (C=O) groups excluding carboxylic acids is 2. The number of nitrogens with zero attached hydrogens (tertiary/aromatic N) is 1. The zero-order valence-electron chi connectivity index (χ0n) is 19.6. The molecule has 0 saturated carbocycles. The largest absolute Gasteiger partial charge is 0.488 e. The first-order valence-corrected chi connectivity index (χ1v) is 12.1. The number of anilines is 1. The lowest BCUT2D eigenvalue weighted by Crippen LogP contribution is -2.21. The molecule has 0 aliphatic carbocycles. The summed E-state index contributed by atoms with van der Waals surface area (Å²) in [5, 5.41) is 6.96. The van der Waals surface area contributed by atoms with Gasteiger partial charge in [-0.2, -0.15) is 5.10 Å². The Morgan fingerprint density at radius 2 is 1.56 bits per heavy atom. The van der Waals surface area contributed by atoms with Crippen molar-refractivity contribution in [3.8, 4) is 5.75 Å². The van der Waals surface area contributed by atoms with Gasteiger partial charge >= 0.3 is 0 Å². The van der Waals surface area contributed by atoms with E-state index < -0.39 is 5.91 Å². The molecule has 0 spiro atoms. The van der Waals surface area contributed by atoms with Crippen molar-refractivity contribution in [2.75, 3.05) is 5.32 Å². The smallest absolute Gasteiger partial charge is 0.273 e. The predicted octanol–water partition coefficient (Wildman–Crippen LogP) is 6.35. The van der Waals surface area contributed by atoms with Gasteiger partial charge in [0.05, 0.1) is 17.5 Å². The first-order chi connectivity index (χ1) is 17.5.